The Morgan fingerprint density at radius 3 is 2.42 bits per heavy atom. The molecule has 1 aliphatic rings. The Labute approximate surface area is 189 Å². The number of allylic oxidation sites excluding steroid dienone is 1. The molecule has 0 unspecified atom stereocenters. The van der Waals surface area contributed by atoms with Gasteiger partial charge in [-0.2, -0.15) is 0 Å². The molecule has 3 heterocycles. The van der Waals surface area contributed by atoms with Crippen molar-refractivity contribution in [3.8, 4) is 5.69 Å². The van der Waals surface area contributed by atoms with E-state index in [-0.39, 0.29) is 0 Å². The Hall–Kier alpha value is -4.24. The van der Waals surface area contributed by atoms with Gasteiger partial charge in [-0.05, 0) is 30.7 Å². The zero-order chi connectivity index (χ0) is 21.5. The number of benzene rings is 4. The first-order valence-electron chi connectivity index (χ1n) is 11.4. The minimum absolute atomic E-state index is 0.911. The molecule has 0 spiro atoms. The molecule has 3 aromatic heterocycles. The fourth-order valence-corrected chi connectivity index (χ4v) is 5.61. The summed E-state index contributed by atoms with van der Waals surface area (Å²) in [6.45, 7) is 0. The number of aryl methyl sites for hydroxylation is 1. The van der Waals surface area contributed by atoms with Gasteiger partial charge in [-0.25, -0.2) is 0 Å². The summed E-state index contributed by atoms with van der Waals surface area (Å²) < 4.78 is 15.3. The molecule has 0 atom stereocenters. The topological polar surface area (TPSA) is 31.2 Å². The number of furan rings is 2. The largest absolute Gasteiger partial charge is 0.458 e. The molecule has 0 aliphatic heterocycles. The second-order valence-corrected chi connectivity index (χ2v) is 8.82. The molecule has 0 saturated carbocycles. The maximum atomic E-state index is 6.51. The Morgan fingerprint density at radius 2 is 1.45 bits per heavy atom. The number of fused-ring (bicyclic) bond motifs is 10. The standard InChI is InChI=1S/C30H19NO2/c1-4-12-24-18(8-1)21-16-17-23-20-10-3-6-15-27(20)33-30(23)28(21)31(24)25-13-7-11-22-19-9-2-5-14-26(19)32-29(22)25/h1-4,6-13,15-17H,5,14H2. The van der Waals surface area contributed by atoms with E-state index < -0.39 is 0 Å². The van der Waals surface area contributed by atoms with Crippen molar-refractivity contribution in [2.45, 2.75) is 12.8 Å². The van der Waals surface area contributed by atoms with Crippen LogP contribution in [0.1, 0.15) is 17.7 Å². The van der Waals surface area contributed by atoms with E-state index in [1.54, 1.807) is 0 Å². The molecular formula is C30H19NO2. The summed E-state index contributed by atoms with van der Waals surface area (Å²) in [6.07, 6.45) is 6.41. The third kappa shape index (κ3) is 2.19. The quantitative estimate of drug-likeness (QED) is 0.264. The maximum absolute atomic E-state index is 6.51. The van der Waals surface area contributed by atoms with Gasteiger partial charge in [0, 0.05) is 38.9 Å². The van der Waals surface area contributed by atoms with Crippen LogP contribution in [0, 0.1) is 0 Å². The lowest BCUT2D eigenvalue weighted by Gasteiger charge is -2.09. The summed E-state index contributed by atoms with van der Waals surface area (Å²) in [6, 6.07) is 27.7. The van der Waals surface area contributed by atoms with Crippen molar-refractivity contribution in [1.82, 2.24) is 4.57 Å². The summed E-state index contributed by atoms with van der Waals surface area (Å²) in [5, 5.41) is 5.84. The van der Waals surface area contributed by atoms with E-state index in [0.29, 0.717) is 0 Å². The molecule has 156 valence electrons. The van der Waals surface area contributed by atoms with Gasteiger partial charge in [-0.15, -0.1) is 0 Å². The highest BCUT2D eigenvalue weighted by atomic mass is 16.3. The molecule has 0 fully saturated rings. The molecule has 3 heteroatoms. The molecule has 0 bridgehead atoms. The number of rotatable bonds is 1. The third-order valence-electron chi connectivity index (χ3n) is 7.05. The summed E-state index contributed by atoms with van der Waals surface area (Å²) in [4.78, 5) is 0. The van der Waals surface area contributed by atoms with Crippen molar-refractivity contribution in [2.75, 3.05) is 0 Å². The maximum Gasteiger partial charge on any atom is 0.160 e. The molecule has 0 N–H and O–H groups in total. The summed E-state index contributed by atoms with van der Waals surface area (Å²) >= 11 is 0. The van der Waals surface area contributed by atoms with Crippen molar-refractivity contribution in [3.05, 3.63) is 96.3 Å². The first-order valence-corrected chi connectivity index (χ1v) is 11.4. The van der Waals surface area contributed by atoms with Crippen LogP contribution in [0.5, 0.6) is 0 Å². The number of hydrogen-bond acceptors (Lipinski definition) is 2. The van der Waals surface area contributed by atoms with E-state index in [1.807, 2.05) is 12.1 Å². The van der Waals surface area contributed by atoms with Crippen LogP contribution in [-0.2, 0) is 6.42 Å². The molecule has 4 aromatic carbocycles. The molecule has 33 heavy (non-hydrogen) atoms. The van der Waals surface area contributed by atoms with Crippen LogP contribution in [0.3, 0.4) is 0 Å². The average Bonchev–Trinajstić information content (AvgIpc) is 3.53. The molecular weight excluding hydrogens is 406 g/mol. The minimum Gasteiger partial charge on any atom is -0.458 e. The highest BCUT2D eigenvalue weighted by Gasteiger charge is 2.22. The van der Waals surface area contributed by atoms with Crippen LogP contribution >= 0.6 is 0 Å². The molecule has 7 aromatic rings. The molecule has 8 rings (SSSR count). The van der Waals surface area contributed by atoms with Gasteiger partial charge in [0.05, 0.1) is 16.7 Å². The minimum atomic E-state index is 0.911. The second kappa shape index (κ2) is 6.17. The van der Waals surface area contributed by atoms with Crippen LogP contribution in [0.15, 0.2) is 93.8 Å². The monoisotopic (exact) mass is 425 g/mol. The fraction of sp³-hybridized carbons (Fsp3) is 0.0667. The number of hydrogen-bond donors (Lipinski definition) is 0. The van der Waals surface area contributed by atoms with Gasteiger partial charge in [0.2, 0.25) is 0 Å². The van der Waals surface area contributed by atoms with Gasteiger partial charge in [0.25, 0.3) is 0 Å². The zero-order valence-corrected chi connectivity index (χ0v) is 17.8. The second-order valence-electron chi connectivity index (χ2n) is 8.82. The van der Waals surface area contributed by atoms with E-state index in [0.717, 1.165) is 62.8 Å². The van der Waals surface area contributed by atoms with Crippen LogP contribution in [-0.4, -0.2) is 4.57 Å². The smallest absolute Gasteiger partial charge is 0.160 e. The van der Waals surface area contributed by atoms with Gasteiger partial charge in [-0.1, -0.05) is 66.7 Å². The Kier molecular flexibility index (Phi) is 3.24. The summed E-state index contributed by atoms with van der Waals surface area (Å²) in [7, 11) is 0. The lowest BCUT2D eigenvalue weighted by Crippen LogP contribution is -1.94. The lowest BCUT2D eigenvalue weighted by molar-refractivity contribution is 0.545. The predicted octanol–water partition coefficient (Wildman–Crippen LogP) is 8.39. The third-order valence-corrected chi connectivity index (χ3v) is 7.05. The van der Waals surface area contributed by atoms with E-state index in [1.165, 1.54) is 21.7 Å². The van der Waals surface area contributed by atoms with Gasteiger partial charge in [0.15, 0.2) is 11.2 Å². The number of para-hydroxylation sites is 3. The van der Waals surface area contributed by atoms with Crippen LogP contribution < -0.4 is 0 Å². The van der Waals surface area contributed by atoms with Crippen LogP contribution in [0.2, 0.25) is 0 Å². The van der Waals surface area contributed by atoms with Crippen molar-refractivity contribution in [1.29, 1.82) is 0 Å². The molecule has 1 aliphatic carbocycles. The van der Waals surface area contributed by atoms with Crippen molar-refractivity contribution in [2.24, 2.45) is 0 Å². The van der Waals surface area contributed by atoms with Gasteiger partial charge in [0.1, 0.15) is 11.3 Å². The Morgan fingerprint density at radius 1 is 0.636 bits per heavy atom. The number of aromatic nitrogens is 1. The molecule has 3 nitrogen and oxygen atoms in total. The summed E-state index contributed by atoms with van der Waals surface area (Å²) in [5.41, 5.74) is 7.26. The Bertz CT molecular complexity index is 1930. The zero-order valence-electron chi connectivity index (χ0n) is 17.8. The van der Waals surface area contributed by atoms with E-state index in [4.69, 9.17) is 8.83 Å². The van der Waals surface area contributed by atoms with Crippen molar-refractivity contribution in [3.63, 3.8) is 0 Å². The normalized spacial score (nSPS) is 13.7. The Balaban J connectivity index is 1.60. The van der Waals surface area contributed by atoms with Crippen molar-refractivity contribution >= 4 is 60.8 Å². The first-order chi connectivity index (χ1) is 16.4. The molecule has 0 radical (unpaired) electrons. The van der Waals surface area contributed by atoms with Crippen molar-refractivity contribution < 1.29 is 8.83 Å². The van der Waals surface area contributed by atoms with Gasteiger partial charge >= 0.3 is 0 Å². The highest BCUT2D eigenvalue weighted by Crippen LogP contribution is 2.42. The van der Waals surface area contributed by atoms with Crippen LogP contribution in [0.25, 0.3) is 66.5 Å². The van der Waals surface area contributed by atoms with E-state index in [2.05, 4.69) is 83.4 Å². The fourth-order valence-electron chi connectivity index (χ4n) is 5.61. The van der Waals surface area contributed by atoms with E-state index in [9.17, 15) is 0 Å². The summed E-state index contributed by atoms with van der Waals surface area (Å²) in [5.74, 6) is 1.08. The first kappa shape index (κ1) is 17.3. The molecule has 0 saturated heterocycles. The predicted molar refractivity (Wildman–Crippen MR) is 135 cm³/mol. The SMILES string of the molecule is C1=Cc2c(oc3c(-n4c5ccccc5c5ccc6c7ccccc7oc6c54)cccc23)CC1. The highest BCUT2D eigenvalue weighted by molar-refractivity contribution is 6.21. The van der Waals surface area contributed by atoms with E-state index >= 15 is 0 Å². The number of nitrogens with zero attached hydrogens (tertiary/aromatic N) is 1. The molecule has 0 amide bonds. The van der Waals surface area contributed by atoms with Gasteiger partial charge < -0.3 is 13.4 Å². The van der Waals surface area contributed by atoms with Crippen LogP contribution in [0.4, 0.5) is 0 Å². The average molecular weight is 425 g/mol. The van der Waals surface area contributed by atoms with Gasteiger partial charge in [-0.3, -0.25) is 0 Å². The lowest BCUT2D eigenvalue weighted by atomic mass is 10.0.